The Labute approximate surface area is 172 Å². The van der Waals surface area contributed by atoms with Crippen LogP contribution in [0.5, 0.6) is 0 Å². The van der Waals surface area contributed by atoms with Gasteiger partial charge >= 0.3 is 5.97 Å². The first kappa shape index (κ1) is 21.6. The second-order valence-electron chi connectivity index (χ2n) is 8.54. The van der Waals surface area contributed by atoms with Gasteiger partial charge in [-0.05, 0) is 67.7 Å². The van der Waals surface area contributed by atoms with E-state index in [1.807, 2.05) is 32.0 Å². The molecule has 0 radical (unpaired) electrons. The van der Waals surface area contributed by atoms with Crippen molar-refractivity contribution in [1.29, 1.82) is 0 Å². The molecule has 160 valence electrons. The molecule has 1 fully saturated rings. The third-order valence-electron chi connectivity index (χ3n) is 5.75. The summed E-state index contributed by atoms with van der Waals surface area (Å²) in [4.78, 5) is 31.3. The topological polar surface area (TPSA) is 93.9 Å². The van der Waals surface area contributed by atoms with Crippen molar-refractivity contribution in [1.82, 2.24) is 10.4 Å². The van der Waals surface area contributed by atoms with E-state index in [2.05, 4.69) is 5.32 Å². The monoisotopic (exact) mass is 403 g/mol. The fraction of sp³-hybridized carbons (Fsp3) is 0.636. The molecule has 1 heterocycles. The van der Waals surface area contributed by atoms with E-state index in [-0.39, 0.29) is 23.9 Å². The molecule has 0 spiro atoms. The number of nitrogens with one attached hydrogen (secondary N) is 1. The highest BCUT2D eigenvalue weighted by atomic mass is 16.7. The zero-order valence-electron chi connectivity index (χ0n) is 17.6. The van der Waals surface area contributed by atoms with E-state index in [1.54, 1.807) is 12.2 Å². The fourth-order valence-electron chi connectivity index (χ4n) is 4.20. The van der Waals surface area contributed by atoms with Crippen LogP contribution in [0, 0.1) is 5.92 Å². The molecule has 1 aliphatic carbocycles. The summed E-state index contributed by atoms with van der Waals surface area (Å²) in [5, 5.41) is 4.58. The van der Waals surface area contributed by atoms with Gasteiger partial charge in [0.1, 0.15) is 18.2 Å². The summed E-state index contributed by atoms with van der Waals surface area (Å²) in [6.07, 6.45) is 5.03. The van der Waals surface area contributed by atoms with E-state index < -0.39 is 12.1 Å². The van der Waals surface area contributed by atoms with Gasteiger partial charge in [-0.15, -0.1) is 0 Å². The Bertz CT molecular complexity index is 731. The van der Waals surface area contributed by atoms with E-state index in [9.17, 15) is 9.59 Å². The summed E-state index contributed by atoms with van der Waals surface area (Å²) in [6, 6.07) is 4.56. The minimum Gasteiger partial charge on any atom is -0.461 e. The SMILES string of the molecule is CON1Cc2cc(N)ccc2C[C@H]1C(=O)N[C@@H](CC(C)C)C(=O)OC1CCCC1. The first-order chi connectivity index (χ1) is 13.9. The van der Waals surface area contributed by atoms with Crippen molar-refractivity contribution in [3.05, 3.63) is 29.3 Å². The number of rotatable bonds is 7. The Morgan fingerprint density at radius 2 is 1.97 bits per heavy atom. The van der Waals surface area contributed by atoms with Crippen LogP contribution >= 0.6 is 0 Å². The summed E-state index contributed by atoms with van der Waals surface area (Å²) in [5.74, 6) is -0.291. The standard InChI is InChI=1S/C22H33N3O4/c1-14(2)10-19(22(27)29-18-6-4-5-7-18)24-21(26)20-12-15-8-9-17(23)11-16(15)13-25(20)28-3/h8-9,11,14,18-20H,4-7,10,12-13,23H2,1-3H3,(H,24,26)/t19-,20-/m0/s1. The molecule has 3 N–H and O–H groups in total. The maximum atomic E-state index is 13.1. The molecule has 1 aliphatic heterocycles. The molecule has 7 nitrogen and oxygen atoms in total. The molecule has 1 amide bonds. The normalized spacial score (nSPS) is 21.0. The molecule has 0 unspecified atom stereocenters. The van der Waals surface area contributed by atoms with Gasteiger partial charge < -0.3 is 20.6 Å². The summed E-state index contributed by atoms with van der Waals surface area (Å²) in [7, 11) is 1.55. The second-order valence-corrected chi connectivity index (χ2v) is 8.54. The number of nitrogens with zero attached hydrogens (tertiary/aromatic N) is 1. The molecule has 2 atom stereocenters. The van der Waals surface area contributed by atoms with Gasteiger partial charge in [-0.3, -0.25) is 4.79 Å². The van der Waals surface area contributed by atoms with Gasteiger partial charge in [-0.1, -0.05) is 19.9 Å². The molecular weight excluding hydrogens is 370 g/mol. The van der Waals surface area contributed by atoms with Gasteiger partial charge in [0, 0.05) is 5.69 Å². The van der Waals surface area contributed by atoms with Crippen molar-refractivity contribution in [3.63, 3.8) is 0 Å². The van der Waals surface area contributed by atoms with Crippen LogP contribution in [0.1, 0.15) is 57.1 Å². The highest BCUT2D eigenvalue weighted by Crippen LogP contribution is 2.26. The highest BCUT2D eigenvalue weighted by Gasteiger charge is 2.35. The Morgan fingerprint density at radius 3 is 2.62 bits per heavy atom. The maximum Gasteiger partial charge on any atom is 0.328 e. The number of anilines is 1. The first-order valence-electron chi connectivity index (χ1n) is 10.6. The van der Waals surface area contributed by atoms with Gasteiger partial charge in [0.05, 0.1) is 13.7 Å². The molecule has 0 bridgehead atoms. The summed E-state index contributed by atoms with van der Waals surface area (Å²) >= 11 is 0. The average Bonchev–Trinajstić information content (AvgIpc) is 3.18. The number of fused-ring (bicyclic) bond motifs is 1. The number of hydrogen-bond acceptors (Lipinski definition) is 6. The molecular formula is C22H33N3O4. The van der Waals surface area contributed by atoms with Crippen LogP contribution in [0.15, 0.2) is 18.2 Å². The maximum absolute atomic E-state index is 13.1. The minimum atomic E-state index is -0.644. The van der Waals surface area contributed by atoms with Crippen LogP contribution in [-0.4, -0.2) is 42.2 Å². The second kappa shape index (κ2) is 9.59. The van der Waals surface area contributed by atoms with Crippen molar-refractivity contribution >= 4 is 17.6 Å². The Kier molecular flexibility index (Phi) is 7.14. The lowest BCUT2D eigenvalue weighted by Crippen LogP contribution is -2.54. The largest absolute Gasteiger partial charge is 0.461 e. The van der Waals surface area contributed by atoms with Crippen molar-refractivity contribution in [3.8, 4) is 0 Å². The summed E-state index contributed by atoms with van der Waals surface area (Å²) < 4.78 is 5.67. The first-order valence-corrected chi connectivity index (χ1v) is 10.6. The van der Waals surface area contributed by atoms with Crippen molar-refractivity contribution in [2.24, 2.45) is 5.92 Å². The van der Waals surface area contributed by atoms with E-state index in [0.717, 1.165) is 36.8 Å². The fourth-order valence-corrected chi connectivity index (χ4v) is 4.20. The van der Waals surface area contributed by atoms with Crippen molar-refractivity contribution < 1.29 is 19.2 Å². The Morgan fingerprint density at radius 1 is 1.24 bits per heavy atom. The number of amides is 1. The van der Waals surface area contributed by atoms with Crippen LogP contribution in [-0.2, 0) is 32.1 Å². The van der Waals surface area contributed by atoms with Gasteiger partial charge in [0.25, 0.3) is 0 Å². The van der Waals surface area contributed by atoms with Crippen LogP contribution in [0.25, 0.3) is 0 Å². The minimum absolute atomic E-state index is 0.0171. The summed E-state index contributed by atoms with van der Waals surface area (Å²) in [6.45, 7) is 4.53. The molecule has 1 aromatic rings. The van der Waals surface area contributed by atoms with E-state index in [0.29, 0.717) is 25.1 Å². The van der Waals surface area contributed by atoms with Crippen LogP contribution < -0.4 is 11.1 Å². The van der Waals surface area contributed by atoms with Gasteiger partial charge in [-0.25, -0.2) is 4.79 Å². The number of ether oxygens (including phenoxy) is 1. The number of benzene rings is 1. The molecule has 0 saturated heterocycles. The summed E-state index contributed by atoms with van der Waals surface area (Å²) in [5.41, 5.74) is 8.70. The van der Waals surface area contributed by atoms with Crippen molar-refractivity contribution in [2.75, 3.05) is 12.8 Å². The van der Waals surface area contributed by atoms with Gasteiger partial charge in [0.2, 0.25) is 5.91 Å². The lowest BCUT2D eigenvalue weighted by Gasteiger charge is -2.35. The van der Waals surface area contributed by atoms with Crippen LogP contribution in [0.2, 0.25) is 0 Å². The molecule has 3 rings (SSSR count). The molecule has 7 heteroatoms. The molecule has 29 heavy (non-hydrogen) atoms. The third kappa shape index (κ3) is 5.48. The zero-order valence-corrected chi connectivity index (χ0v) is 17.6. The number of esters is 1. The number of hydroxylamine groups is 2. The Hall–Kier alpha value is -2.12. The lowest BCUT2D eigenvalue weighted by molar-refractivity contribution is -0.183. The van der Waals surface area contributed by atoms with Crippen LogP contribution in [0.3, 0.4) is 0 Å². The number of hydrogen-bond donors (Lipinski definition) is 2. The predicted octanol–water partition coefficient (Wildman–Crippen LogP) is 2.57. The van der Waals surface area contributed by atoms with Crippen molar-refractivity contribution in [2.45, 2.75) is 77.1 Å². The van der Waals surface area contributed by atoms with E-state index >= 15 is 0 Å². The number of carbonyl (C=O) groups is 2. The number of nitrogens with two attached hydrogens (primary N) is 1. The predicted molar refractivity (Wildman–Crippen MR) is 111 cm³/mol. The smallest absolute Gasteiger partial charge is 0.328 e. The molecule has 2 aliphatic rings. The Balaban J connectivity index is 1.70. The quantitative estimate of drug-likeness (QED) is 0.537. The lowest BCUT2D eigenvalue weighted by atomic mass is 9.94. The average molecular weight is 404 g/mol. The molecule has 1 aromatic carbocycles. The molecule has 1 saturated carbocycles. The third-order valence-corrected chi connectivity index (χ3v) is 5.75. The molecule has 0 aromatic heterocycles. The van der Waals surface area contributed by atoms with Gasteiger partial charge in [-0.2, -0.15) is 5.06 Å². The zero-order chi connectivity index (χ0) is 21.0. The number of carbonyl (C=O) groups excluding carboxylic acids is 2. The van der Waals surface area contributed by atoms with Gasteiger partial charge in [0.15, 0.2) is 0 Å². The van der Waals surface area contributed by atoms with E-state index in [1.165, 1.54) is 0 Å². The van der Waals surface area contributed by atoms with E-state index in [4.69, 9.17) is 15.3 Å². The number of nitrogen functional groups attached to an aromatic ring is 1. The van der Waals surface area contributed by atoms with Crippen LogP contribution in [0.4, 0.5) is 5.69 Å². The highest BCUT2D eigenvalue weighted by molar-refractivity contribution is 5.88.